The standard InChI is InChI=1S/C9H18N2O2/c1-6-4-11(5-8(6)10)7(2)9(12)13-3/h6-8H,4-5,10H2,1-3H3. The van der Waals surface area contributed by atoms with Gasteiger partial charge in [0.05, 0.1) is 7.11 Å². The number of nitrogens with zero attached hydrogens (tertiary/aromatic N) is 1. The predicted octanol–water partition coefficient (Wildman–Crippen LogP) is -0.173. The molecule has 0 aromatic carbocycles. The Hall–Kier alpha value is -0.610. The van der Waals surface area contributed by atoms with E-state index >= 15 is 0 Å². The Labute approximate surface area is 79.0 Å². The number of hydrogen-bond acceptors (Lipinski definition) is 4. The number of carbonyl (C=O) groups excluding carboxylic acids is 1. The van der Waals surface area contributed by atoms with Gasteiger partial charge in [0.2, 0.25) is 0 Å². The van der Waals surface area contributed by atoms with Crippen molar-refractivity contribution in [1.29, 1.82) is 0 Å². The van der Waals surface area contributed by atoms with Crippen molar-refractivity contribution in [2.24, 2.45) is 11.7 Å². The molecule has 3 atom stereocenters. The maximum Gasteiger partial charge on any atom is 0.322 e. The second kappa shape index (κ2) is 4.07. The van der Waals surface area contributed by atoms with Crippen molar-refractivity contribution in [3.8, 4) is 0 Å². The van der Waals surface area contributed by atoms with E-state index in [1.54, 1.807) is 0 Å². The van der Waals surface area contributed by atoms with Gasteiger partial charge in [0.15, 0.2) is 0 Å². The molecular weight excluding hydrogens is 168 g/mol. The summed E-state index contributed by atoms with van der Waals surface area (Å²) in [7, 11) is 1.41. The van der Waals surface area contributed by atoms with Crippen LogP contribution in [0.2, 0.25) is 0 Å². The highest BCUT2D eigenvalue weighted by molar-refractivity contribution is 5.75. The van der Waals surface area contributed by atoms with Gasteiger partial charge in [0, 0.05) is 19.1 Å². The highest BCUT2D eigenvalue weighted by Crippen LogP contribution is 2.17. The molecule has 1 aliphatic rings. The molecule has 0 saturated carbocycles. The van der Waals surface area contributed by atoms with Crippen LogP contribution in [0.5, 0.6) is 0 Å². The molecule has 0 bridgehead atoms. The Morgan fingerprint density at radius 3 is 2.62 bits per heavy atom. The summed E-state index contributed by atoms with van der Waals surface area (Å²) < 4.78 is 4.67. The summed E-state index contributed by atoms with van der Waals surface area (Å²) in [6, 6.07) is 0.0214. The summed E-state index contributed by atoms with van der Waals surface area (Å²) in [6.45, 7) is 5.64. The van der Waals surface area contributed by atoms with Crippen molar-refractivity contribution in [1.82, 2.24) is 4.90 Å². The molecule has 4 heteroatoms. The SMILES string of the molecule is COC(=O)C(C)N1CC(C)C(N)C1. The van der Waals surface area contributed by atoms with Crippen molar-refractivity contribution in [2.45, 2.75) is 25.9 Å². The fourth-order valence-electron chi connectivity index (χ4n) is 1.67. The smallest absolute Gasteiger partial charge is 0.322 e. The van der Waals surface area contributed by atoms with Crippen molar-refractivity contribution in [3.63, 3.8) is 0 Å². The van der Waals surface area contributed by atoms with E-state index in [1.807, 2.05) is 6.92 Å². The minimum atomic E-state index is -0.179. The van der Waals surface area contributed by atoms with Gasteiger partial charge in [-0.1, -0.05) is 6.92 Å². The number of methoxy groups -OCH3 is 1. The summed E-state index contributed by atoms with van der Waals surface area (Å²) in [5, 5.41) is 0. The van der Waals surface area contributed by atoms with Crippen molar-refractivity contribution in [2.75, 3.05) is 20.2 Å². The molecule has 13 heavy (non-hydrogen) atoms. The molecule has 76 valence electrons. The molecule has 1 aliphatic heterocycles. The fraction of sp³-hybridized carbons (Fsp3) is 0.889. The van der Waals surface area contributed by atoms with Crippen LogP contribution in [0, 0.1) is 5.92 Å². The third-order valence-electron chi connectivity index (χ3n) is 2.79. The molecule has 1 fully saturated rings. The van der Waals surface area contributed by atoms with E-state index in [2.05, 4.69) is 16.6 Å². The van der Waals surface area contributed by atoms with Crippen LogP contribution in [0.3, 0.4) is 0 Å². The molecule has 1 saturated heterocycles. The summed E-state index contributed by atoms with van der Waals surface area (Å²) in [5.74, 6) is 0.286. The van der Waals surface area contributed by atoms with Crippen LogP contribution in [0.4, 0.5) is 0 Å². The third kappa shape index (κ3) is 2.19. The summed E-state index contributed by atoms with van der Waals surface area (Å²) in [4.78, 5) is 13.3. The quantitative estimate of drug-likeness (QED) is 0.608. The average Bonchev–Trinajstić information content (AvgIpc) is 2.44. The zero-order valence-electron chi connectivity index (χ0n) is 8.49. The van der Waals surface area contributed by atoms with Crippen LogP contribution in [0.1, 0.15) is 13.8 Å². The van der Waals surface area contributed by atoms with Crippen LogP contribution < -0.4 is 5.73 Å². The van der Waals surface area contributed by atoms with Crippen LogP contribution in [0.15, 0.2) is 0 Å². The number of nitrogens with two attached hydrogens (primary N) is 1. The predicted molar refractivity (Wildman–Crippen MR) is 50.2 cm³/mol. The first-order valence-electron chi connectivity index (χ1n) is 4.63. The summed E-state index contributed by atoms with van der Waals surface area (Å²) >= 11 is 0. The Balaban J connectivity index is 2.50. The Bertz CT molecular complexity index is 186. The van der Waals surface area contributed by atoms with Crippen molar-refractivity contribution >= 4 is 5.97 Å². The minimum absolute atomic E-state index is 0.166. The molecule has 0 aliphatic carbocycles. The molecule has 1 rings (SSSR count). The molecule has 0 aromatic rings. The lowest BCUT2D eigenvalue weighted by Gasteiger charge is -2.21. The van der Waals surface area contributed by atoms with Crippen molar-refractivity contribution in [3.05, 3.63) is 0 Å². The first-order valence-corrected chi connectivity index (χ1v) is 4.63. The van der Waals surface area contributed by atoms with Crippen LogP contribution in [0.25, 0.3) is 0 Å². The first-order chi connectivity index (χ1) is 6.06. The first kappa shape index (κ1) is 10.5. The Morgan fingerprint density at radius 1 is 1.62 bits per heavy atom. The lowest BCUT2D eigenvalue weighted by Crippen LogP contribution is -2.39. The fourth-order valence-corrected chi connectivity index (χ4v) is 1.67. The monoisotopic (exact) mass is 186 g/mol. The van der Waals surface area contributed by atoms with Gasteiger partial charge in [0.1, 0.15) is 6.04 Å². The molecule has 2 N–H and O–H groups in total. The van der Waals surface area contributed by atoms with E-state index in [1.165, 1.54) is 7.11 Å². The minimum Gasteiger partial charge on any atom is -0.468 e. The number of esters is 1. The van der Waals surface area contributed by atoms with Crippen LogP contribution in [-0.4, -0.2) is 43.2 Å². The maximum atomic E-state index is 11.2. The summed E-state index contributed by atoms with van der Waals surface area (Å²) in [5.41, 5.74) is 5.85. The average molecular weight is 186 g/mol. The molecule has 0 amide bonds. The van der Waals surface area contributed by atoms with Crippen LogP contribution in [-0.2, 0) is 9.53 Å². The van der Waals surface area contributed by atoms with Gasteiger partial charge >= 0.3 is 5.97 Å². The molecule has 4 nitrogen and oxygen atoms in total. The zero-order valence-corrected chi connectivity index (χ0v) is 8.49. The largest absolute Gasteiger partial charge is 0.468 e. The number of ether oxygens (including phenoxy) is 1. The summed E-state index contributed by atoms with van der Waals surface area (Å²) in [6.07, 6.45) is 0. The molecule has 0 aromatic heterocycles. The molecular formula is C9H18N2O2. The van der Waals surface area contributed by atoms with E-state index in [4.69, 9.17) is 5.73 Å². The van der Waals surface area contributed by atoms with E-state index in [0.717, 1.165) is 13.1 Å². The topological polar surface area (TPSA) is 55.6 Å². The van der Waals surface area contributed by atoms with E-state index in [9.17, 15) is 4.79 Å². The lowest BCUT2D eigenvalue weighted by molar-refractivity contribution is -0.145. The third-order valence-corrected chi connectivity index (χ3v) is 2.79. The van der Waals surface area contributed by atoms with Gasteiger partial charge in [-0.05, 0) is 12.8 Å². The van der Waals surface area contributed by atoms with Gasteiger partial charge in [0.25, 0.3) is 0 Å². The molecule has 0 spiro atoms. The number of rotatable bonds is 2. The van der Waals surface area contributed by atoms with Gasteiger partial charge in [-0.15, -0.1) is 0 Å². The number of hydrogen-bond donors (Lipinski definition) is 1. The van der Waals surface area contributed by atoms with E-state index < -0.39 is 0 Å². The van der Waals surface area contributed by atoms with Gasteiger partial charge < -0.3 is 10.5 Å². The van der Waals surface area contributed by atoms with E-state index in [-0.39, 0.29) is 18.1 Å². The van der Waals surface area contributed by atoms with Gasteiger partial charge in [-0.25, -0.2) is 0 Å². The highest BCUT2D eigenvalue weighted by atomic mass is 16.5. The highest BCUT2D eigenvalue weighted by Gasteiger charge is 2.32. The second-order valence-corrected chi connectivity index (χ2v) is 3.79. The normalized spacial score (nSPS) is 31.7. The van der Waals surface area contributed by atoms with Crippen LogP contribution >= 0.6 is 0 Å². The zero-order chi connectivity index (χ0) is 10.0. The lowest BCUT2D eigenvalue weighted by atomic mass is 10.1. The Morgan fingerprint density at radius 2 is 2.23 bits per heavy atom. The number of likely N-dealkylation sites (tertiary alicyclic amines) is 1. The number of carbonyl (C=O) groups is 1. The second-order valence-electron chi connectivity index (χ2n) is 3.79. The molecule has 1 heterocycles. The maximum absolute atomic E-state index is 11.2. The van der Waals surface area contributed by atoms with Crippen molar-refractivity contribution < 1.29 is 9.53 Å². The Kier molecular flexibility index (Phi) is 3.27. The molecule has 0 radical (unpaired) electrons. The van der Waals surface area contributed by atoms with E-state index in [0.29, 0.717) is 5.92 Å². The van der Waals surface area contributed by atoms with Gasteiger partial charge in [-0.3, -0.25) is 9.69 Å². The molecule has 3 unspecified atom stereocenters. The van der Waals surface area contributed by atoms with Gasteiger partial charge in [-0.2, -0.15) is 0 Å².